The second-order valence-electron chi connectivity index (χ2n) is 1.91. The number of benzene rings is 1. The molecule has 0 heterocycles. The van der Waals surface area contributed by atoms with Gasteiger partial charge in [0.2, 0.25) is 0 Å². The third-order valence-corrected chi connectivity index (χ3v) is 1.19. The molecule has 1 aromatic carbocycles. The SMILES string of the molecule is CC.Cc1cccc(F)c1O. The number of phenolic OH excluding ortho intramolecular Hbond substituents is 1. The Morgan fingerprint density at radius 1 is 1.27 bits per heavy atom. The highest BCUT2D eigenvalue weighted by molar-refractivity contribution is 5.31. The summed E-state index contributed by atoms with van der Waals surface area (Å²) < 4.78 is 12.3. The van der Waals surface area contributed by atoms with Crippen LogP contribution in [0.1, 0.15) is 19.4 Å². The van der Waals surface area contributed by atoms with Gasteiger partial charge in [0.1, 0.15) is 0 Å². The molecule has 0 fully saturated rings. The van der Waals surface area contributed by atoms with E-state index in [4.69, 9.17) is 5.11 Å². The van der Waals surface area contributed by atoms with E-state index in [-0.39, 0.29) is 5.75 Å². The molecule has 0 aromatic heterocycles. The lowest BCUT2D eigenvalue weighted by molar-refractivity contribution is 0.428. The van der Waals surface area contributed by atoms with Crippen LogP contribution in [-0.4, -0.2) is 5.11 Å². The summed E-state index contributed by atoms with van der Waals surface area (Å²) in [5.74, 6) is -0.812. The fraction of sp³-hybridized carbons (Fsp3) is 0.333. The number of hydrogen-bond acceptors (Lipinski definition) is 1. The first kappa shape index (κ1) is 9.95. The monoisotopic (exact) mass is 156 g/mol. The normalized spacial score (nSPS) is 8.36. The molecule has 0 aliphatic carbocycles. The first-order valence-corrected chi connectivity index (χ1v) is 3.66. The number of phenols is 1. The maximum atomic E-state index is 12.3. The minimum atomic E-state index is -0.560. The van der Waals surface area contributed by atoms with Gasteiger partial charge in [0.25, 0.3) is 0 Å². The number of aromatic hydroxyl groups is 1. The van der Waals surface area contributed by atoms with E-state index in [1.807, 2.05) is 13.8 Å². The van der Waals surface area contributed by atoms with Crippen LogP contribution in [0.3, 0.4) is 0 Å². The number of rotatable bonds is 0. The average Bonchev–Trinajstić information content (AvgIpc) is 2.04. The number of halogens is 1. The Kier molecular flexibility index (Phi) is 4.27. The predicted octanol–water partition coefficient (Wildman–Crippen LogP) is 2.87. The zero-order valence-corrected chi connectivity index (χ0v) is 7.06. The standard InChI is InChI=1S/C7H7FO.C2H6/c1-5-3-2-4-6(8)7(5)9;1-2/h2-4,9H,1H3;1-2H3. The van der Waals surface area contributed by atoms with Crippen LogP contribution in [-0.2, 0) is 0 Å². The first-order chi connectivity index (χ1) is 5.22. The third kappa shape index (κ3) is 2.58. The molecule has 0 amide bonds. The molecule has 1 aromatic rings. The summed E-state index contributed by atoms with van der Waals surface area (Å²) in [6, 6.07) is 4.44. The van der Waals surface area contributed by atoms with Crippen LogP contribution in [0.4, 0.5) is 4.39 Å². The summed E-state index contributed by atoms with van der Waals surface area (Å²) in [7, 11) is 0. The molecule has 0 saturated heterocycles. The topological polar surface area (TPSA) is 20.2 Å². The van der Waals surface area contributed by atoms with Crippen LogP contribution in [0.5, 0.6) is 5.75 Å². The van der Waals surface area contributed by atoms with E-state index in [2.05, 4.69) is 0 Å². The first-order valence-electron chi connectivity index (χ1n) is 3.66. The van der Waals surface area contributed by atoms with Gasteiger partial charge in [0.05, 0.1) is 0 Å². The minimum Gasteiger partial charge on any atom is -0.505 e. The van der Waals surface area contributed by atoms with Crippen LogP contribution in [0, 0.1) is 12.7 Å². The zero-order valence-electron chi connectivity index (χ0n) is 7.06. The Hall–Kier alpha value is -1.05. The second-order valence-corrected chi connectivity index (χ2v) is 1.91. The molecule has 1 rings (SSSR count). The summed E-state index contributed by atoms with van der Waals surface area (Å²) in [6.45, 7) is 5.65. The fourth-order valence-corrected chi connectivity index (χ4v) is 0.623. The largest absolute Gasteiger partial charge is 0.505 e. The smallest absolute Gasteiger partial charge is 0.165 e. The zero-order chi connectivity index (χ0) is 8.85. The van der Waals surface area contributed by atoms with Gasteiger partial charge in [-0.3, -0.25) is 0 Å². The number of aryl methyl sites for hydroxylation is 1. The minimum absolute atomic E-state index is 0.252. The van der Waals surface area contributed by atoms with E-state index in [0.29, 0.717) is 5.56 Å². The van der Waals surface area contributed by atoms with Gasteiger partial charge in [-0.2, -0.15) is 0 Å². The van der Waals surface area contributed by atoms with Crippen molar-refractivity contribution in [3.63, 3.8) is 0 Å². The molecule has 1 nitrogen and oxygen atoms in total. The molecule has 0 aliphatic rings. The molecule has 0 unspecified atom stereocenters. The lowest BCUT2D eigenvalue weighted by atomic mass is 10.2. The van der Waals surface area contributed by atoms with Crippen molar-refractivity contribution in [3.05, 3.63) is 29.6 Å². The Balaban J connectivity index is 0.000000461. The van der Waals surface area contributed by atoms with Crippen molar-refractivity contribution in [2.75, 3.05) is 0 Å². The average molecular weight is 156 g/mol. The highest BCUT2D eigenvalue weighted by atomic mass is 19.1. The van der Waals surface area contributed by atoms with E-state index >= 15 is 0 Å². The van der Waals surface area contributed by atoms with Crippen molar-refractivity contribution >= 4 is 0 Å². The van der Waals surface area contributed by atoms with Gasteiger partial charge < -0.3 is 5.11 Å². The molecular weight excluding hydrogens is 143 g/mol. The quantitative estimate of drug-likeness (QED) is 0.612. The maximum absolute atomic E-state index is 12.3. The second kappa shape index (κ2) is 4.72. The van der Waals surface area contributed by atoms with Crippen molar-refractivity contribution in [3.8, 4) is 5.75 Å². The van der Waals surface area contributed by atoms with Crippen LogP contribution < -0.4 is 0 Å². The number of hydrogen-bond donors (Lipinski definition) is 1. The summed E-state index contributed by atoms with van der Waals surface area (Å²) in [5, 5.41) is 8.83. The van der Waals surface area contributed by atoms with E-state index in [0.717, 1.165) is 0 Å². The van der Waals surface area contributed by atoms with E-state index < -0.39 is 5.82 Å². The molecule has 0 aliphatic heterocycles. The third-order valence-electron chi connectivity index (χ3n) is 1.19. The van der Waals surface area contributed by atoms with Gasteiger partial charge in [0, 0.05) is 0 Å². The van der Waals surface area contributed by atoms with Crippen molar-refractivity contribution < 1.29 is 9.50 Å². The van der Waals surface area contributed by atoms with Crippen LogP contribution in [0.25, 0.3) is 0 Å². The van der Waals surface area contributed by atoms with Gasteiger partial charge in [0.15, 0.2) is 11.6 Å². The van der Waals surface area contributed by atoms with E-state index in [9.17, 15) is 4.39 Å². The lowest BCUT2D eigenvalue weighted by Crippen LogP contribution is -1.77. The molecule has 0 spiro atoms. The predicted molar refractivity (Wildman–Crippen MR) is 44.1 cm³/mol. The Labute approximate surface area is 66.5 Å². The molecule has 1 N–H and O–H groups in total. The molecule has 11 heavy (non-hydrogen) atoms. The van der Waals surface area contributed by atoms with Gasteiger partial charge in [-0.25, -0.2) is 4.39 Å². The maximum Gasteiger partial charge on any atom is 0.165 e. The van der Waals surface area contributed by atoms with Gasteiger partial charge in [-0.05, 0) is 18.6 Å². The van der Waals surface area contributed by atoms with Crippen LogP contribution >= 0.6 is 0 Å². The highest BCUT2D eigenvalue weighted by Gasteiger charge is 1.99. The number of para-hydroxylation sites is 1. The van der Waals surface area contributed by atoms with Gasteiger partial charge >= 0.3 is 0 Å². The Morgan fingerprint density at radius 3 is 2.18 bits per heavy atom. The van der Waals surface area contributed by atoms with Crippen molar-refractivity contribution in [1.29, 1.82) is 0 Å². The molecule has 2 heteroatoms. The summed E-state index contributed by atoms with van der Waals surface area (Å²) >= 11 is 0. The van der Waals surface area contributed by atoms with Crippen molar-refractivity contribution in [2.24, 2.45) is 0 Å². The molecule has 0 saturated carbocycles. The molecule has 0 atom stereocenters. The van der Waals surface area contributed by atoms with Crippen molar-refractivity contribution in [2.45, 2.75) is 20.8 Å². The fourth-order valence-electron chi connectivity index (χ4n) is 0.623. The Morgan fingerprint density at radius 2 is 1.82 bits per heavy atom. The lowest BCUT2D eigenvalue weighted by Gasteiger charge is -1.96. The summed E-state index contributed by atoms with van der Waals surface area (Å²) in [6.07, 6.45) is 0. The molecule has 0 bridgehead atoms. The van der Waals surface area contributed by atoms with E-state index in [1.165, 1.54) is 6.07 Å². The van der Waals surface area contributed by atoms with Gasteiger partial charge in [-0.15, -0.1) is 0 Å². The summed E-state index contributed by atoms with van der Waals surface area (Å²) in [5.41, 5.74) is 0.565. The molecular formula is C9H13FO. The van der Waals surface area contributed by atoms with Crippen molar-refractivity contribution in [1.82, 2.24) is 0 Å². The van der Waals surface area contributed by atoms with Crippen LogP contribution in [0.2, 0.25) is 0 Å². The molecule has 0 radical (unpaired) electrons. The van der Waals surface area contributed by atoms with Crippen LogP contribution in [0.15, 0.2) is 18.2 Å². The summed E-state index contributed by atoms with van der Waals surface area (Å²) in [4.78, 5) is 0. The Bertz CT molecular complexity index is 201. The molecule has 62 valence electrons. The highest BCUT2D eigenvalue weighted by Crippen LogP contribution is 2.18. The van der Waals surface area contributed by atoms with E-state index in [1.54, 1.807) is 19.1 Å². The van der Waals surface area contributed by atoms with Gasteiger partial charge in [-0.1, -0.05) is 26.0 Å².